The number of pyridine rings is 2. The van der Waals surface area contributed by atoms with E-state index in [4.69, 9.17) is 17.0 Å². The molecule has 4 heterocycles. The topological polar surface area (TPSA) is 55.2 Å². The van der Waals surface area contributed by atoms with E-state index in [1.165, 1.54) is 0 Å². The third-order valence-corrected chi connectivity index (χ3v) is 6.49. The van der Waals surface area contributed by atoms with Crippen LogP contribution in [0.1, 0.15) is 23.5 Å². The molecule has 7 heteroatoms. The van der Waals surface area contributed by atoms with Gasteiger partial charge >= 0.3 is 0 Å². The highest BCUT2D eigenvalue weighted by Crippen LogP contribution is 2.42. The van der Waals surface area contributed by atoms with Gasteiger partial charge in [0.15, 0.2) is 5.11 Å². The molecule has 1 aliphatic rings. The van der Waals surface area contributed by atoms with Gasteiger partial charge in [-0.05, 0) is 85.0 Å². The van der Waals surface area contributed by atoms with Crippen LogP contribution in [0.4, 0.5) is 5.69 Å². The summed E-state index contributed by atoms with van der Waals surface area (Å²) >= 11 is 5.88. The molecule has 2 atom stereocenters. The summed E-state index contributed by atoms with van der Waals surface area (Å²) in [5.41, 5.74) is 2.94. The second kappa shape index (κ2) is 9.64. The Labute approximate surface area is 214 Å². The SMILES string of the molecule is S=C1N[C@H](c2ccccn2)[C@H](c2cccn2-c2ccccn2)N1c1ccc(Oc2ccccc2)cc1. The van der Waals surface area contributed by atoms with Gasteiger partial charge in [-0.2, -0.15) is 0 Å². The van der Waals surface area contributed by atoms with E-state index in [2.05, 4.69) is 30.8 Å². The number of benzene rings is 2. The molecule has 1 saturated heterocycles. The van der Waals surface area contributed by atoms with Crippen molar-refractivity contribution >= 4 is 23.0 Å². The Bertz CT molecular complexity index is 1460. The molecular weight excluding hydrogens is 466 g/mol. The van der Waals surface area contributed by atoms with Gasteiger partial charge in [-0.15, -0.1) is 0 Å². The molecule has 6 rings (SSSR count). The van der Waals surface area contributed by atoms with Crippen LogP contribution in [0.15, 0.2) is 122 Å². The fraction of sp³-hybridized carbons (Fsp3) is 0.0690. The molecule has 36 heavy (non-hydrogen) atoms. The number of aromatic nitrogens is 3. The highest BCUT2D eigenvalue weighted by Gasteiger charge is 2.42. The largest absolute Gasteiger partial charge is 0.457 e. The maximum Gasteiger partial charge on any atom is 0.174 e. The van der Waals surface area contributed by atoms with E-state index >= 15 is 0 Å². The highest BCUT2D eigenvalue weighted by atomic mass is 32.1. The van der Waals surface area contributed by atoms with Crippen LogP contribution < -0.4 is 15.0 Å². The predicted molar refractivity (Wildman–Crippen MR) is 144 cm³/mol. The summed E-state index contributed by atoms with van der Waals surface area (Å²) < 4.78 is 8.11. The van der Waals surface area contributed by atoms with Gasteiger partial charge < -0.3 is 19.5 Å². The zero-order valence-corrected chi connectivity index (χ0v) is 20.1. The quantitative estimate of drug-likeness (QED) is 0.285. The zero-order chi connectivity index (χ0) is 24.3. The molecular formula is C29H23N5OS. The van der Waals surface area contributed by atoms with E-state index in [0.29, 0.717) is 5.11 Å². The first-order valence-corrected chi connectivity index (χ1v) is 12.1. The molecule has 176 valence electrons. The number of rotatable bonds is 6. The minimum Gasteiger partial charge on any atom is -0.457 e. The van der Waals surface area contributed by atoms with E-state index in [9.17, 15) is 0 Å². The van der Waals surface area contributed by atoms with Gasteiger partial charge in [0.1, 0.15) is 23.4 Å². The lowest BCUT2D eigenvalue weighted by Gasteiger charge is -2.29. The number of hydrogen-bond donors (Lipinski definition) is 1. The van der Waals surface area contributed by atoms with Crippen molar-refractivity contribution in [2.45, 2.75) is 12.1 Å². The van der Waals surface area contributed by atoms with Crippen LogP contribution >= 0.6 is 12.2 Å². The van der Waals surface area contributed by atoms with Crippen molar-refractivity contribution in [3.8, 4) is 17.3 Å². The standard InChI is InChI=1S/C29H23N5OS/c36-29-32-27(24-11-4-6-18-30-24)28(25-12-8-20-33(25)26-13-5-7-19-31-26)34(29)21-14-16-23(17-15-21)35-22-9-2-1-3-10-22/h1-20,27-28H,(H,32,36)/t27-,28+/m1/s1. The lowest BCUT2D eigenvalue weighted by Crippen LogP contribution is -2.30. The Hall–Kier alpha value is -4.49. The summed E-state index contributed by atoms with van der Waals surface area (Å²) in [6.45, 7) is 0. The Morgan fingerprint density at radius 2 is 1.44 bits per heavy atom. The number of anilines is 1. The van der Waals surface area contributed by atoms with E-state index in [0.717, 1.165) is 34.4 Å². The first-order valence-electron chi connectivity index (χ1n) is 11.7. The summed E-state index contributed by atoms with van der Waals surface area (Å²) in [4.78, 5) is 11.4. The average molecular weight is 490 g/mol. The van der Waals surface area contributed by atoms with Gasteiger partial charge in [0, 0.05) is 30.0 Å². The van der Waals surface area contributed by atoms with Crippen LogP contribution in [0.25, 0.3) is 5.82 Å². The lowest BCUT2D eigenvalue weighted by molar-refractivity contribution is 0.482. The Kier molecular flexibility index (Phi) is 5.89. The van der Waals surface area contributed by atoms with Crippen molar-refractivity contribution in [1.82, 2.24) is 19.9 Å². The highest BCUT2D eigenvalue weighted by molar-refractivity contribution is 7.80. The predicted octanol–water partition coefficient (Wildman–Crippen LogP) is 6.24. The maximum atomic E-state index is 6.00. The fourth-order valence-corrected chi connectivity index (χ4v) is 4.92. The van der Waals surface area contributed by atoms with Crippen LogP contribution in [0.5, 0.6) is 11.5 Å². The first kappa shape index (κ1) is 22.0. The summed E-state index contributed by atoms with van der Waals surface area (Å²) in [6.07, 6.45) is 5.65. The molecule has 1 aliphatic heterocycles. The van der Waals surface area contributed by atoms with Gasteiger partial charge in [0.2, 0.25) is 0 Å². The third kappa shape index (κ3) is 4.21. The molecule has 0 amide bonds. The van der Waals surface area contributed by atoms with Crippen molar-refractivity contribution in [2.24, 2.45) is 0 Å². The van der Waals surface area contributed by atoms with Crippen LogP contribution in [0.3, 0.4) is 0 Å². The minimum absolute atomic E-state index is 0.142. The van der Waals surface area contributed by atoms with Gasteiger partial charge in [0.05, 0.1) is 11.7 Å². The maximum absolute atomic E-state index is 6.00. The number of hydrogen-bond acceptors (Lipinski definition) is 4. The molecule has 0 saturated carbocycles. The molecule has 0 unspecified atom stereocenters. The molecule has 0 aliphatic carbocycles. The van der Waals surface area contributed by atoms with Crippen LogP contribution in [0.2, 0.25) is 0 Å². The van der Waals surface area contributed by atoms with Gasteiger partial charge in [0.25, 0.3) is 0 Å². The fourth-order valence-electron chi connectivity index (χ4n) is 4.57. The second-order valence-corrected chi connectivity index (χ2v) is 8.78. The van der Waals surface area contributed by atoms with Gasteiger partial charge in [-0.25, -0.2) is 4.98 Å². The van der Waals surface area contributed by atoms with Crippen molar-refractivity contribution in [2.75, 3.05) is 4.90 Å². The summed E-state index contributed by atoms with van der Waals surface area (Å²) in [5.74, 6) is 2.41. The van der Waals surface area contributed by atoms with Crippen molar-refractivity contribution in [3.63, 3.8) is 0 Å². The summed E-state index contributed by atoms with van der Waals surface area (Å²) in [6, 6.07) is 33.5. The van der Waals surface area contributed by atoms with Gasteiger partial charge in [-0.1, -0.05) is 30.3 Å². The number of nitrogens with zero attached hydrogens (tertiary/aromatic N) is 4. The van der Waals surface area contributed by atoms with Crippen molar-refractivity contribution < 1.29 is 4.74 Å². The number of thiocarbonyl (C=S) groups is 1. The molecule has 3 aromatic heterocycles. The molecule has 0 radical (unpaired) electrons. The molecule has 1 N–H and O–H groups in total. The van der Waals surface area contributed by atoms with Crippen molar-refractivity contribution in [1.29, 1.82) is 0 Å². The molecule has 2 aromatic carbocycles. The molecule has 0 spiro atoms. The average Bonchev–Trinajstić information content (AvgIpc) is 3.55. The van der Waals surface area contributed by atoms with Gasteiger partial charge in [-0.3, -0.25) is 4.98 Å². The van der Waals surface area contributed by atoms with E-state index in [-0.39, 0.29) is 12.1 Å². The summed E-state index contributed by atoms with van der Waals surface area (Å²) in [7, 11) is 0. The zero-order valence-electron chi connectivity index (χ0n) is 19.3. The third-order valence-electron chi connectivity index (χ3n) is 6.17. The smallest absolute Gasteiger partial charge is 0.174 e. The molecule has 1 fully saturated rings. The Morgan fingerprint density at radius 3 is 2.17 bits per heavy atom. The first-order chi connectivity index (χ1) is 17.8. The number of para-hydroxylation sites is 1. The lowest BCUT2D eigenvalue weighted by atomic mass is 10.0. The Balaban J connectivity index is 1.40. The molecule has 6 nitrogen and oxygen atoms in total. The second-order valence-electron chi connectivity index (χ2n) is 8.40. The normalized spacial score (nSPS) is 17.1. The van der Waals surface area contributed by atoms with E-state index in [1.54, 1.807) is 6.20 Å². The minimum atomic E-state index is -0.148. The number of nitrogens with one attached hydrogen (secondary N) is 1. The monoisotopic (exact) mass is 489 g/mol. The Morgan fingerprint density at radius 1 is 0.722 bits per heavy atom. The van der Waals surface area contributed by atoms with E-state index in [1.807, 2.05) is 109 Å². The molecule has 5 aromatic rings. The van der Waals surface area contributed by atoms with E-state index < -0.39 is 0 Å². The van der Waals surface area contributed by atoms with Crippen LogP contribution in [-0.2, 0) is 0 Å². The number of ether oxygens (including phenoxy) is 1. The van der Waals surface area contributed by atoms with Crippen LogP contribution in [0, 0.1) is 0 Å². The van der Waals surface area contributed by atoms with Crippen LogP contribution in [-0.4, -0.2) is 19.6 Å². The summed E-state index contributed by atoms with van der Waals surface area (Å²) in [5, 5.41) is 4.16. The molecule has 0 bridgehead atoms. The van der Waals surface area contributed by atoms with Crippen molar-refractivity contribution in [3.05, 3.63) is 133 Å².